The Kier molecular flexibility index (Phi) is 7.20. The standard InChI is InChI=1S/C15H30N2O3/c1-6-11(7-8-12(18)19)9-10-17-13(20)14(2,3)15(4,5)16/h11H,6-10,16H2,1-5H3,(H,17,20)(H,18,19). The Morgan fingerprint density at radius 3 is 2.15 bits per heavy atom. The van der Waals surface area contributed by atoms with Crippen LogP contribution in [-0.2, 0) is 9.59 Å². The maximum Gasteiger partial charge on any atom is 0.303 e. The minimum Gasteiger partial charge on any atom is -0.481 e. The SMILES string of the molecule is CCC(CCNC(=O)C(C)(C)C(C)(C)N)CCC(=O)O. The van der Waals surface area contributed by atoms with E-state index in [-0.39, 0.29) is 12.3 Å². The van der Waals surface area contributed by atoms with Crippen LogP contribution in [0.4, 0.5) is 0 Å². The maximum absolute atomic E-state index is 12.2. The Hall–Kier alpha value is -1.10. The predicted molar refractivity (Wildman–Crippen MR) is 80.3 cm³/mol. The molecule has 0 saturated carbocycles. The fourth-order valence-corrected chi connectivity index (χ4v) is 1.78. The number of hydrogen-bond donors (Lipinski definition) is 3. The Bertz CT molecular complexity index is 333. The summed E-state index contributed by atoms with van der Waals surface area (Å²) in [7, 11) is 0. The molecule has 1 unspecified atom stereocenters. The summed E-state index contributed by atoms with van der Waals surface area (Å²) in [6.07, 6.45) is 2.58. The van der Waals surface area contributed by atoms with Crippen molar-refractivity contribution in [3.05, 3.63) is 0 Å². The van der Waals surface area contributed by atoms with Crippen LogP contribution in [0.2, 0.25) is 0 Å². The van der Waals surface area contributed by atoms with Gasteiger partial charge in [0.15, 0.2) is 0 Å². The molecule has 0 saturated heterocycles. The molecule has 1 atom stereocenters. The average molecular weight is 286 g/mol. The first-order chi connectivity index (χ1) is 9.02. The molecular weight excluding hydrogens is 256 g/mol. The van der Waals surface area contributed by atoms with Crippen LogP contribution in [-0.4, -0.2) is 29.1 Å². The lowest BCUT2D eigenvalue weighted by molar-refractivity contribution is -0.137. The summed E-state index contributed by atoms with van der Waals surface area (Å²) in [5, 5.41) is 11.6. The van der Waals surface area contributed by atoms with Crippen molar-refractivity contribution in [2.24, 2.45) is 17.1 Å². The van der Waals surface area contributed by atoms with Gasteiger partial charge in [0.25, 0.3) is 0 Å². The van der Waals surface area contributed by atoms with E-state index in [1.807, 2.05) is 34.6 Å². The topological polar surface area (TPSA) is 92.4 Å². The second kappa shape index (κ2) is 7.62. The van der Waals surface area contributed by atoms with E-state index in [0.29, 0.717) is 18.9 Å². The Morgan fingerprint density at radius 1 is 1.20 bits per heavy atom. The molecule has 0 aliphatic carbocycles. The third-order valence-corrected chi connectivity index (χ3v) is 4.36. The summed E-state index contributed by atoms with van der Waals surface area (Å²) < 4.78 is 0. The number of carboxylic acid groups (broad SMARTS) is 1. The second-order valence-electron chi connectivity index (χ2n) is 6.60. The minimum atomic E-state index is -0.765. The molecule has 0 radical (unpaired) electrons. The van der Waals surface area contributed by atoms with Gasteiger partial charge in [0.05, 0.1) is 5.41 Å². The van der Waals surface area contributed by atoms with Crippen LogP contribution in [0.5, 0.6) is 0 Å². The van der Waals surface area contributed by atoms with Crippen LogP contribution >= 0.6 is 0 Å². The van der Waals surface area contributed by atoms with E-state index in [9.17, 15) is 9.59 Å². The number of aliphatic carboxylic acids is 1. The quantitative estimate of drug-likeness (QED) is 0.605. The van der Waals surface area contributed by atoms with Gasteiger partial charge >= 0.3 is 5.97 Å². The lowest BCUT2D eigenvalue weighted by Gasteiger charge is -2.37. The van der Waals surface area contributed by atoms with Gasteiger partial charge in [-0.3, -0.25) is 9.59 Å². The Balaban J connectivity index is 4.22. The Morgan fingerprint density at radius 2 is 1.75 bits per heavy atom. The first-order valence-electron chi connectivity index (χ1n) is 7.31. The molecule has 20 heavy (non-hydrogen) atoms. The highest BCUT2D eigenvalue weighted by Gasteiger charge is 2.40. The van der Waals surface area contributed by atoms with Crippen LogP contribution in [0.3, 0.4) is 0 Å². The zero-order chi connectivity index (χ0) is 16.0. The smallest absolute Gasteiger partial charge is 0.303 e. The van der Waals surface area contributed by atoms with Crippen LogP contribution < -0.4 is 11.1 Å². The normalized spacial score (nSPS) is 13.9. The molecule has 5 heteroatoms. The van der Waals surface area contributed by atoms with E-state index < -0.39 is 16.9 Å². The van der Waals surface area contributed by atoms with Crippen molar-refractivity contribution in [2.45, 2.75) is 65.8 Å². The summed E-state index contributed by atoms with van der Waals surface area (Å²) in [5.74, 6) is -0.489. The molecule has 0 fully saturated rings. The molecule has 4 N–H and O–H groups in total. The number of hydrogen-bond acceptors (Lipinski definition) is 3. The van der Waals surface area contributed by atoms with Crippen molar-refractivity contribution in [3.63, 3.8) is 0 Å². The first kappa shape index (κ1) is 18.9. The molecule has 1 amide bonds. The van der Waals surface area contributed by atoms with E-state index >= 15 is 0 Å². The fraction of sp³-hybridized carbons (Fsp3) is 0.867. The molecule has 5 nitrogen and oxygen atoms in total. The number of nitrogens with two attached hydrogens (primary N) is 1. The lowest BCUT2D eigenvalue weighted by atomic mass is 9.74. The van der Waals surface area contributed by atoms with Gasteiger partial charge in [-0.1, -0.05) is 13.3 Å². The highest BCUT2D eigenvalue weighted by atomic mass is 16.4. The number of nitrogens with one attached hydrogen (secondary N) is 1. The monoisotopic (exact) mass is 286 g/mol. The van der Waals surface area contributed by atoms with Gasteiger partial charge in [0.1, 0.15) is 0 Å². The summed E-state index contributed by atoms with van der Waals surface area (Å²) in [6, 6.07) is 0. The van der Waals surface area contributed by atoms with E-state index in [2.05, 4.69) is 5.32 Å². The van der Waals surface area contributed by atoms with E-state index in [1.54, 1.807) is 0 Å². The van der Waals surface area contributed by atoms with Crippen molar-refractivity contribution in [2.75, 3.05) is 6.54 Å². The number of carbonyl (C=O) groups excluding carboxylic acids is 1. The average Bonchev–Trinajstić information content (AvgIpc) is 2.31. The maximum atomic E-state index is 12.2. The molecule has 118 valence electrons. The molecule has 0 rings (SSSR count). The van der Waals surface area contributed by atoms with Gasteiger partial charge in [-0.2, -0.15) is 0 Å². The van der Waals surface area contributed by atoms with Gasteiger partial charge in [-0.15, -0.1) is 0 Å². The first-order valence-corrected chi connectivity index (χ1v) is 7.31. The van der Waals surface area contributed by atoms with Crippen molar-refractivity contribution >= 4 is 11.9 Å². The molecule has 0 aromatic rings. The van der Waals surface area contributed by atoms with E-state index in [0.717, 1.165) is 12.8 Å². The van der Waals surface area contributed by atoms with Crippen molar-refractivity contribution in [3.8, 4) is 0 Å². The van der Waals surface area contributed by atoms with E-state index in [4.69, 9.17) is 10.8 Å². The van der Waals surface area contributed by atoms with E-state index in [1.165, 1.54) is 0 Å². The zero-order valence-electron chi connectivity index (χ0n) is 13.5. The fourth-order valence-electron chi connectivity index (χ4n) is 1.78. The third-order valence-electron chi connectivity index (χ3n) is 4.36. The van der Waals surface area contributed by atoms with Gasteiger partial charge in [-0.25, -0.2) is 0 Å². The molecule has 0 heterocycles. The summed E-state index contributed by atoms with van der Waals surface area (Å²) in [5.41, 5.74) is 4.79. The minimum absolute atomic E-state index is 0.0573. The zero-order valence-corrected chi connectivity index (χ0v) is 13.5. The van der Waals surface area contributed by atoms with Gasteiger partial charge in [-0.05, 0) is 46.5 Å². The number of carboxylic acids is 1. The third kappa shape index (κ3) is 5.90. The Labute approximate surface area is 122 Å². The lowest BCUT2D eigenvalue weighted by Crippen LogP contribution is -2.55. The van der Waals surface area contributed by atoms with Crippen molar-refractivity contribution in [1.29, 1.82) is 0 Å². The van der Waals surface area contributed by atoms with Crippen LogP contribution in [0.15, 0.2) is 0 Å². The summed E-state index contributed by atoms with van der Waals surface area (Å²) >= 11 is 0. The largest absolute Gasteiger partial charge is 0.481 e. The molecule has 0 bridgehead atoms. The second-order valence-corrected chi connectivity index (χ2v) is 6.60. The van der Waals surface area contributed by atoms with Gasteiger partial charge < -0.3 is 16.2 Å². The van der Waals surface area contributed by atoms with Gasteiger partial charge in [0, 0.05) is 18.5 Å². The highest BCUT2D eigenvalue weighted by molar-refractivity contribution is 5.83. The van der Waals surface area contributed by atoms with Crippen LogP contribution in [0, 0.1) is 11.3 Å². The molecule has 0 aromatic carbocycles. The molecule has 0 aliphatic rings. The van der Waals surface area contributed by atoms with Crippen LogP contribution in [0.1, 0.15) is 60.3 Å². The molecule has 0 aromatic heterocycles. The number of amides is 1. The van der Waals surface area contributed by atoms with Crippen LogP contribution in [0.25, 0.3) is 0 Å². The van der Waals surface area contributed by atoms with Crippen molar-refractivity contribution in [1.82, 2.24) is 5.32 Å². The molecule has 0 spiro atoms. The molecule has 0 aliphatic heterocycles. The molecular formula is C15H30N2O3. The number of carbonyl (C=O) groups is 2. The van der Waals surface area contributed by atoms with Gasteiger partial charge in [0.2, 0.25) is 5.91 Å². The number of rotatable bonds is 9. The summed E-state index contributed by atoms with van der Waals surface area (Å²) in [6.45, 7) is 9.97. The predicted octanol–water partition coefficient (Wildman–Crippen LogP) is 2.15. The summed E-state index contributed by atoms with van der Waals surface area (Å²) in [4.78, 5) is 22.7. The van der Waals surface area contributed by atoms with Crippen molar-refractivity contribution < 1.29 is 14.7 Å². The highest BCUT2D eigenvalue weighted by Crippen LogP contribution is 2.28.